The van der Waals surface area contributed by atoms with Gasteiger partial charge >= 0.3 is 12.0 Å². The van der Waals surface area contributed by atoms with Crippen LogP contribution in [-0.2, 0) is 14.8 Å². The fraction of sp³-hybridized carbons (Fsp3) is 0.467. The van der Waals surface area contributed by atoms with Crippen molar-refractivity contribution < 1.29 is 22.7 Å². The van der Waals surface area contributed by atoms with Crippen LogP contribution in [0.1, 0.15) is 23.7 Å². The number of urea groups is 1. The summed E-state index contributed by atoms with van der Waals surface area (Å²) in [5.74, 6) is -0.624. The van der Waals surface area contributed by atoms with E-state index in [9.17, 15) is 18.0 Å². The Morgan fingerprint density at radius 2 is 1.92 bits per heavy atom. The van der Waals surface area contributed by atoms with E-state index in [4.69, 9.17) is 4.74 Å². The third kappa shape index (κ3) is 6.29. The van der Waals surface area contributed by atoms with Crippen molar-refractivity contribution >= 4 is 38.0 Å². The molecule has 1 aromatic rings. The quantitative estimate of drug-likeness (QED) is 0.476. The van der Waals surface area contributed by atoms with Crippen molar-refractivity contribution in [3.8, 4) is 0 Å². The summed E-state index contributed by atoms with van der Waals surface area (Å²) in [6.45, 7) is 2.81. The molecule has 0 unspecified atom stereocenters. The van der Waals surface area contributed by atoms with E-state index in [0.717, 1.165) is 4.31 Å². The number of benzene rings is 1. The number of ether oxygens (including phenoxy) is 1. The summed E-state index contributed by atoms with van der Waals surface area (Å²) in [7, 11) is -0.861. The lowest BCUT2D eigenvalue weighted by molar-refractivity contribution is 0.0501. The van der Waals surface area contributed by atoms with Gasteiger partial charge in [-0.3, -0.25) is 0 Å². The van der Waals surface area contributed by atoms with Gasteiger partial charge in [-0.1, -0.05) is 0 Å². The molecule has 0 atom stereocenters. The van der Waals surface area contributed by atoms with E-state index in [0.29, 0.717) is 24.0 Å². The number of sulfonamides is 1. The zero-order chi connectivity index (χ0) is 19.0. The molecule has 1 aromatic carbocycles. The lowest BCUT2D eigenvalue weighted by Gasteiger charge is -2.14. The van der Waals surface area contributed by atoms with E-state index in [1.165, 1.54) is 32.3 Å². The van der Waals surface area contributed by atoms with Gasteiger partial charge in [-0.25, -0.2) is 22.3 Å². The highest BCUT2D eigenvalue weighted by Crippen LogP contribution is 2.25. The number of hydrogen-bond donors (Lipinski definition) is 2. The van der Waals surface area contributed by atoms with E-state index in [1.54, 1.807) is 0 Å². The molecule has 10 heteroatoms. The second-order valence-electron chi connectivity index (χ2n) is 5.21. The molecular formula is C15H22BrN3O5S. The van der Waals surface area contributed by atoms with Crippen LogP contribution in [0.5, 0.6) is 0 Å². The lowest BCUT2D eigenvalue weighted by Crippen LogP contribution is -2.36. The number of halogens is 1. The van der Waals surface area contributed by atoms with Gasteiger partial charge in [0.1, 0.15) is 0 Å². The fourth-order valence-corrected chi connectivity index (χ4v) is 3.61. The maximum atomic E-state index is 12.2. The lowest BCUT2D eigenvalue weighted by atomic mass is 10.2. The number of carbonyl (C=O) groups excluding carboxylic acids is 2. The van der Waals surface area contributed by atoms with Gasteiger partial charge in [0.2, 0.25) is 10.0 Å². The molecule has 0 bridgehead atoms. The Morgan fingerprint density at radius 3 is 2.52 bits per heavy atom. The van der Waals surface area contributed by atoms with Gasteiger partial charge < -0.3 is 15.4 Å². The molecule has 0 radical (unpaired) electrons. The zero-order valence-electron chi connectivity index (χ0n) is 14.3. The van der Waals surface area contributed by atoms with E-state index < -0.39 is 16.0 Å². The molecule has 25 heavy (non-hydrogen) atoms. The molecule has 0 aliphatic heterocycles. The molecule has 0 heterocycles. The molecule has 0 aliphatic rings. The third-order valence-electron chi connectivity index (χ3n) is 3.10. The molecule has 1 rings (SSSR count). The van der Waals surface area contributed by atoms with Crippen molar-refractivity contribution in [2.75, 3.05) is 33.8 Å². The highest BCUT2D eigenvalue weighted by atomic mass is 79.9. The highest BCUT2D eigenvalue weighted by molar-refractivity contribution is 9.10. The summed E-state index contributed by atoms with van der Waals surface area (Å²) in [6, 6.07) is 3.96. The van der Waals surface area contributed by atoms with Crippen molar-refractivity contribution in [3.63, 3.8) is 0 Å². The minimum Gasteiger partial charge on any atom is -0.462 e. The first kappa shape index (κ1) is 21.4. The standard InChI is InChI=1S/C15H22BrN3O5S/c1-4-17-15(21)18-8-5-9-24-14(20)11-6-7-12(16)13(10-11)25(22,23)19(2)3/h6-7,10H,4-5,8-9H2,1-3H3,(H2,17,18,21). The van der Waals surface area contributed by atoms with Crippen molar-refractivity contribution in [3.05, 3.63) is 28.2 Å². The summed E-state index contributed by atoms with van der Waals surface area (Å²) in [6.07, 6.45) is 0.447. The average molecular weight is 436 g/mol. The summed E-state index contributed by atoms with van der Waals surface area (Å²) < 4.78 is 31.0. The Labute approximate surface area is 156 Å². The largest absolute Gasteiger partial charge is 0.462 e. The van der Waals surface area contributed by atoms with Gasteiger partial charge in [0.25, 0.3) is 0 Å². The van der Waals surface area contributed by atoms with E-state index >= 15 is 0 Å². The molecule has 2 amide bonds. The predicted octanol–water partition coefficient (Wildman–Crippen LogP) is 1.57. The Morgan fingerprint density at radius 1 is 1.24 bits per heavy atom. The van der Waals surface area contributed by atoms with Gasteiger partial charge in [-0.2, -0.15) is 0 Å². The Bertz CT molecular complexity index is 722. The van der Waals surface area contributed by atoms with Crippen LogP contribution < -0.4 is 10.6 Å². The van der Waals surface area contributed by atoms with E-state index in [-0.39, 0.29) is 23.1 Å². The molecular weight excluding hydrogens is 414 g/mol. The minimum absolute atomic E-state index is 0.00940. The molecule has 0 aromatic heterocycles. The van der Waals surface area contributed by atoms with Crippen LogP contribution in [0.4, 0.5) is 4.79 Å². The van der Waals surface area contributed by atoms with Crippen LogP contribution in [0.3, 0.4) is 0 Å². The molecule has 0 fully saturated rings. The smallest absolute Gasteiger partial charge is 0.338 e. The minimum atomic E-state index is -3.68. The normalized spacial score (nSPS) is 11.2. The average Bonchev–Trinajstić information content (AvgIpc) is 2.54. The molecule has 0 saturated heterocycles. The maximum Gasteiger partial charge on any atom is 0.338 e. The number of esters is 1. The summed E-state index contributed by atoms with van der Waals surface area (Å²) in [5, 5.41) is 5.20. The van der Waals surface area contributed by atoms with Crippen LogP contribution in [-0.4, -0.2) is 58.5 Å². The van der Waals surface area contributed by atoms with Crippen LogP contribution in [0.25, 0.3) is 0 Å². The summed E-state index contributed by atoms with van der Waals surface area (Å²) in [4.78, 5) is 23.2. The number of hydrogen-bond acceptors (Lipinski definition) is 5. The second-order valence-corrected chi connectivity index (χ2v) is 8.18. The number of nitrogens with one attached hydrogen (secondary N) is 2. The van der Waals surface area contributed by atoms with Crippen LogP contribution >= 0.6 is 15.9 Å². The molecule has 0 aliphatic carbocycles. The number of carbonyl (C=O) groups is 2. The van der Waals surface area contributed by atoms with Gasteiger partial charge in [-0.15, -0.1) is 0 Å². The topological polar surface area (TPSA) is 105 Å². The van der Waals surface area contributed by atoms with Crippen LogP contribution in [0.2, 0.25) is 0 Å². The predicted molar refractivity (Wildman–Crippen MR) is 97.0 cm³/mol. The van der Waals surface area contributed by atoms with Crippen molar-refractivity contribution in [1.82, 2.24) is 14.9 Å². The van der Waals surface area contributed by atoms with E-state index in [1.807, 2.05) is 6.92 Å². The summed E-state index contributed by atoms with van der Waals surface area (Å²) in [5.41, 5.74) is 0.139. The third-order valence-corrected chi connectivity index (χ3v) is 5.91. The highest BCUT2D eigenvalue weighted by Gasteiger charge is 2.22. The Kier molecular flexibility index (Phi) is 8.33. The maximum absolute atomic E-state index is 12.2. The van der Waals surface area contributed by atoms with Gasteiger partial charge in [0.15, 0.2) is 0 Å². The molecule has 8 nitrogen and oxygen atoms in total. The molecule has 2 N–H and O–H groups in total. The van der Waals surface area contributed by atoms with E-state index in [2.05, 4.69) is 26.6 Å². The molecule has 0 spiro atoms. The van der Waals surface area contributed by atoms with Crippen molar-refractivity contribution in [1.29, 1.82) is 0 Å². The first-order valence-electron chi connectivity index (χ1n) is 7.61. The van der Waals surface area contributed by atoms with Crippen LogP contribution in [0, 0.1) is 0 Å². The number of rotatable bonds is 8. The van der Waals surface area contributed by atoms with Gasteiger partial charge in [-0.05, 0) is 47.5 Å². The molecule has 140 valence electrons. The van der Waals surface area contributed by atoms with Crippen molar-refractivity contribution in [2.24, 2.45) is 0 Å². The van der Waals surface area contributed by atoms with Gasteiger partial charge in [0, 0.05) is 31.7 Å². The SMILES string of the molecule is CCNC(=O)NCCCOC(=O)c1ccc(Br)c(S(=O)(=O)N(C)C)c1. The first-order valence-corrected chi connectivity index (χ1v) is 9.84. The van der Waals surface area contributed by atoms with Crippen LogP contribution in [0.15, 0.2) is 27.6 Å². The van der Waals surface area contributed by atoms with Gasteiger partial charge in [0.05, 0.1) is 17.1 Å². The fourth-order valence-electron chi connectivity index (χ4n) is 1.77. The Hall–Kier alpha value is -1.65. The monoisotopic (exact) mass is 435 g/mol. The second kappa shape index (κ2) is 9.73. The molecule has 0 saturated carbocycles. The Balaban J connectivity index is 2.64. The number of amides is 2. The van der Waals surface area contributed by atoms with Crippen molar-refractivity contribution in [2.45, 2.75) is 18.2 Å². The summed E-state index contributed by atoms with van der Waals surface area (Å²) >= 11 is 3.18. The first-order chi connectivity index (χ1) is 11.7. The zero-order valence-corrected chi connectivity index (χ0v) is 16.7. The number of nitrogens with zero attached hydrogens (tertiary/aromatic N) is 1.